The van der Waals surface area contributed by atoms with Crippen molar-refractivity contribution in [3.63, 3.8) is 0 Å². The quantitative estimate of drug-likeness (QED) is 0.373. The van der Waals surface area contributed by atoms with E-state index in [0.717, 1.165) is 5.56 Å². The summed E-state index contributed by atoms with van der Waals surface area (Å²) in [6.45, 7) is 0.490. The minimum Gasteiger partial charge on any atom is -0.445 e. The highest BCUT2D eigenvalue weighted by atomic mass is 16.6. The Bertz CT molecular complexity index is 812. The normalized spacial score (nSPS) is 9.60. The second kappa shape index (κ2) is 8.88. The number of alkyl carbamates (subject to hydrolysis) is 1. The molecule has 8 heteroatoms. The molecule has 0 spiro atoms. The molecule has 3 N–H and O–H groups in total. The van der Waals surface area contributed by atoms with Gasteiger partial charge in [-0.25, -0.2) is 9.78 Å². The third-order valence-electron chi connectivity index (χ3n) is 3.06. The number of carbonyl (C=O) groups excluding carboxylic acids is 1. The lowest BCUT2D eigenvalue weighted by Gasteiger charge is -2.05. The van der Waals surface area contributed by atoms with Crippen molar-refractivity contribution in [3.05, 3.63) is 63.8 Å². The van der Waals surface area contributed by atoms with E-state index in [4.69, 9.17) is 10.5 Å². The molecule has 1 heterocycles. The summed E-state index contributed by atoms with van der Waals surface area (Å²) in [7, 11) is 0. The highest BCUT2D eigenvalue weighted by molar-refractivity contribution is 5.67. The number of rotatable bonds is 5. The monoisotopic (exact) mass is 340 g/mol. The predicted molar refractivity (Wildman–Crippen MR) is 91.4 cm³/mol. The molecule has 2 aromatic rings. The number of benzene rings is 1. The fourth-order valence-corrected chi connectivity index (χ4v) is 1.84. The summed E-state index contributed by atoms with van der Waals surface area (Å²) in [4.78, 5) is 25.4. The largest absolute Gasteiger partial charge is 0.445 e. The first kappa shape index (κ1) is 17.7. The van der Waals surface area contributed by atoms with Crippen molar-refractivity contribution in [2.24, 2.45) is 0 Å². The summed E-state index contributed by atoms with van der Waals surface area (Å²) in [6, 6.07) is 10.6. The highest BCUT2D eigenvalue weighted by Gasteiger charge is 2.12. The van der Waals surface area contributed by atoms with Crippen molar-refractivity contribution in [1.82, 2.24) is 10.3 Å². The second-order valence-electron chi connectivity index (χ2n) is 4.93. The molecular formula is C17H16N4O4. The van der Waals surface area contributed by atoms with E-state index < -0.39 is 11.0 Å². The molecule has 2 rings (SSSR count). The van der Waals surface area contributed by atoms with Gasteiger partial charge in [0.1, 0.15) is 6.61 Å². The standard InChI is InChI=1S/C17H16N4O4/c18-16-15(21(23)24)10-14(11-20-16)8-4-5-9-19-17(22)25-12-13-6-2-1-3-7-13/h1-3,6-7,10-11H,5,9,12H2,(H2,18,20)(H,19,22). The molecule has 25 heavy (non-hydrogen) atoms. The Kier molecular flexibility index (Phi) is 6.31. The maximum absolute atomic E-state index is 11.5. The van der Waals surface area contributed by atoms with E-state index in [1.165, 1.54) is 12.3 Å². The molecule has 0 unspecified atom stereocenters. The number of hydrogen-bond acceptors (Lipinski definition) is 6. The Morgan fingerprint density at radius 3 is 2.84 bits per heavy atom. The first-order valence-electron chi connectivity index (χ1n) is 7.39. The molecule has 1 amide bonds. The number of ether oxygens (including phenoxy) is 1. The van der Waals surface area contributed by atoms with Gasteiger partial charge in [0.25, 0.3) is 0 Å². The Labute approximate surface area is 144 Å². The molecule has 0 saturated heterocycles. The molecule has 0 atom stereocenters. The Morgan fingerprint density at radius 1 is 1.36 bits per heavy atom. The molecular weight excluding hydrogens is 324 g/mol. The van der Waals surface area contributed by atoms with Crippen LogP contribution in [0.25, 0.3) is 0 Å². The Morgan fingerprint density at radius 2 is 2.12 bits per heavy atom. The summed E-state index contributed by atoms with van der Waals surface area (Å²) in [5, 5.41) is 13.3. The van der Waals surface area contributed by atoms with E-state index in [2.05, 4.69) is 22.1 Å². The minimum absolute atomic E-state index is 0.154. The van der Waals surface area contributed by atoms with Gasteiger partial charge in [0.2, 0.25) is 5.82 Å². The number of hydrogen-bond donors (Lipinski definition) is 2. The maximum atomic E-state index is 11.5. The lowest BCUT2D eigenvalue weighted by Crippen LogP contribution is -2.24. The number of anilines is 1. The number of aromatic nitrogens is 1. The number of nitrogen functional groups attached to an aromatic ring is 1. The van der Waals surface area contributed by atoms with Crippen molar-refractivity contribution in [2.75, 3.05) is 12.3 Å². The molecule has 0 aliphatic rings. The number of amides is 1. The fourth-order valence-electron chi connectivity index (χ4n) is 1.84. The zero-order chi connectivity index (χ0) is 18.1. The van der Waals surface area contributed by atoms with Crippen LogP contribution in [0.2, 0.25) is 0 Å². The van der Waals surface area contributed by atoms with Gasteiger partial charge in [-0.05, 0) is 5.56 Å². The van der Waals surface area contributed by atoms with Gasteiger partial charge in [0.15, 0.2) is 0 Å². The van der Waals surface area contributed by atoms with Crippen LogP contribution in [0.15, 0.2) is 42.6 Å². The summed E-state index contributed by atoms with van der Waals surface area (Å²) < 4.78 is 5.05. The van der Waals surface area contributed by atoms with Crippen molar-refractivity contribution >= 4 is 17.6 Å². The smallest absolute Gasteiger partial charge is 0.407 e. The molecule has 8 nitrogen and oxygen atoms in total. The van der Waals surface area contributed by atoms with E-state index in [9.17, 15) is 14.9 Å². The summed E-state index contributed by atoms with van der Waals surface area (Å²) in [5.41, 5.74) is 6.41. The van der Waals surface area contributed by atoms with Gasteiger partial charge in [0, 0.05) is 30.8 Å². The third-order valence-corrected chi connectivity index (χ3v) is 3.06. The average Bonchev–Trinajstić information content (AvgIpc) is 2.61. The number of nitrogens with one attached hydrogen (secondary N) is 1. The van der Waals surface area contributed by atoms with Crippen LogP contribution >= 0.6 is 0 Å². The molecule has 1 aromatic heterocycles. The molecule has 0 bridgehead atoms. The maximum Gasteiger partial charge on any atom is 0.407 e. The predicted octanol–water partition coefficient (Wildman–Crippen LogP) is 2.24. The van der Waals surface area contributed by atoms with Crippen LogP contribution in [0.3, 0.4) is 0 Å². The van der Waals surface area contributed by atoms with E-state index >= 15 is 0 Å². The van der Waals surface area contributed by atoms with Crippen molar-refractivity contribution in [2.45, 2.75) is 13.0 Å². The first-order chi connectivity index (χ1) is 12.1. The van der Waals surface area contributed by atoms with Crippen LogP contribution in [0.1, 0.15) is 17.5 Å². The van der Waals surface area contributed by atoms with Gasteiger partial charge in [-0.3, -0.25) is 10.1 Å². The van der Waals surface area contributed by atoms with Gasteiger partial charge in [0.05, 0.1) is 4.92 Å². The van der Waals surface area contributed by atoms with E-state index in [1.807, 2.05) is 30.3 Å². The fraction of sp³-hybridized carbons (Fsp3) is 0.176. The van der Waals surface area contributed by atoms with Crippen LogP contribution in [-0.2, 0) is 11.3 Å². The van der Waals surface area contributed by atoms with Gasteiger partial charge >= 0.3 is 11.8 Å². The summed E-state index contributed by atoms with van der Waals surface area (Å²) >= 11 is 0. The number of pyridine rings is 1. The van der Waals surface area contributed by atoms with E-state index in [0.29, 0.717) is 18.5 Å². The molecule has 128 valence electrons. The van der Waals surface area contributed by atoms with Gasteiger partial charge < -0.3 is 15.8 Å². The number of carbonyl (C=O) groups is 1. The third kappa shape index (κ3) is 5.84. The lowest BCUT2D eigenvalue weighted by molar-refractivity contribution is -0.384. The van der Waals surface area contributed by atoms with Gasteiger partial charge in [-0.1, -0.05) is 42.2 Å². The van der Waals surface area contributed by atoms with Gasteiger partial charge in [-0.15, -0.1) is 0 Å². The molecule has 1 aromatic carbocycles. The van der Waals surface area contributed by atoms with Gasteiger partial charge in [-0.2, -0.15) is 0 Å². The number of nitrogens with two attached hydrogens (primary N) is 1. The zero-order valence-corrected chi connectivity index (χ0v) is 13.3. The van der Waals surface area contributed by atoms with Crippen molar-refractivity contribution < 1.29 is 14.5 Å². The second-order valence-corrected chi connectivity index (χ2v) is 4.93. The topological polar surface area (TPSA) is 120 Å². The summed E-state index contributed by atoms with van der Waals surface area (Å²) in [5.74, 6) is 5.37. The minimum atomic E-state index is -0.613. The average molecular weight is 340 g/mol. The lowest BCUT2D eigenvalue weighted by atomic mass is 10.2. The molecule has 0 aliphatic carbocycles. The summed E-state index contributed by atoms with van der Waals surface area (Å²) in [6.07, 6.45) is 1.19. The van der Waals surface area contributed by atoms with E-state index in [-0.39, 0.29) is 18.1 Å². The Balaban J connectivity index is 1.74. The van der Waals surface area contributed by atoms with Crippen LogP contribution in [0.5, 0.6) is 0 Å². The molecule has 0 saturated carbocycles. The molecule has 0 radical (unpaired) electrons. The van der Waals surface area contributed by atoms with Crippen LogP contribution in [0.4, 0.5) is 16.3 Å². The number of nitrogens with zero attached hydrogens (tertiary/aromatic N) is 2. The highest BCUT2D eigenvalue weighted by Crippen LogP contribution is 2.18. The SMILES string of the molecule is Nc1ncc(C#CCCNC(=O)OCc2ccccc2)cc1[N+](=O)[O-]. The molecule has 0 fully saturated rings. The molecule has 0 aliphatic heterocycles. The Hall–Kier alpha value is -3.60. The van der Waals surface area contributed by atoms with E-state index in [1.54, 1.807) is 0 Å². The van der Waals surface area contributed by atoms with Crippen LogP contribution in [-0.4, -0.2) is 22.5 Å². The van der Waals surface area contributed by atoms with Crippen LogP contribution < -0.4 is 11.1 Å². The van der Waals surface area contributed by atoms with Crippen molar-refractivity contribution in [3.8, 4) is 11.8 Å². The van der Waals surface area contributed by atoms with Crippen LogP contribution in [0, 0.1) is 22.0 Å². The number of nitro groups is 1. The first-order valence-corrected chi connectivity index (χ1v) is 7.39. The van der Waals surface area contributed by atoms with Crippen molar-refractivity contribution in [1.29, 1.82) is 0 Å². The zero-order valence-electron chi connectivity index (χ0n) is 13.3.